The maximum Gasteiger partial charge on any atom is 0.306 e. The van der Waals surface area contributed by atoms with Crippen LogP contribution in [-0.4, -0.2) is 42.6 Å². The molecule has 1 atom stereocenters. The lowest BCUT2D eigenvalue weighted by Crippen LogP contribution is -2.45. The second-order valence-electron chi connectivity index (χ2n) is 10.4. The van der Waals surface area contributed by atoms with Crippen molar-refractivity contribution >= 4 is 26.1 Å². The van der Waals surface area contributed by atoms with Crippen molar-refractivity contribution in [2.45, 2.75) is 90.7 Å². The van der Waals surface area contributed by atoms with Gasteiger partial charge in [0, 0.05) is 17.5 Å². The van der Waals surface area contributed by atoms with E-state index in [0.717, 1.165) is 4.90 Å². The number of ether oxygens (including phenoxy) is 1. The van der Waals surface area contributed by atoms with E-state index in [2.05, 4.69) is 33.9 Å². The molecule has 0 aromatic heterocycles. The number of nitrogens with zero attached hydrogens (tertiary/aromatic N) is 1. The molecule has 2 N–H and O–H groups in total. The van der Waals surface area contributed by atoms with Gasteiger partial charge in [0.25, 0.3) is 5.91 Å². The third kappa shape index (κ3) is 5.87. The number of hydrogen-bond donors (Lipinski definition) is 1. The highest BCUT2D eigenvalue weighted by Gasteiger charge is 2.42. The molecule has 8 heteroatoms. The van der Waals surface area contributed by atoms with E-state index in [1.807, 2.05) is 6.07 Å². The zero-order chi connectivity index (χ0) is 24.7. The average Bonchev–Trinajstić information content (AvgIpc) is 2.95. The normalized spacial score (nSPS) is 17.0. The Balaban J connectivity index is 2.32. The molecule has 1 aliphatic heterocycles. The van der Waals surface area contributed by atoms with E-state index < -0.39 is 37.7 Å². The van der Waals surface area contributed by atoms with Crippen molar-refractivity contribution in [3.63, 3.8) is 0 Å². The van der Waals surface area contributed by atoms with Gasteiger partial charge < -0.3 is 19.8 Å². The van der Waals surface area contributed by atoms with E-state index in [-0.39, 0.29) is 24.4 Å². The summed E-state index contributed by atoms with van der Waals surface area (Å²) in [6, 6.07) is 3.12. The van der Waals surface area contributed by atoms with Gasteiger partial charge in [-0.3, -0.25) is 14.4 Å². The van der Waals surface area contributed by atoms with Crippen LogP contribution in [0.5, 0.6) is 5.75 Å². The van der Waals surface area contributed by atoms with Gasteiger partial charge in [-0.2, -0.15) is 0 Å². The van der Waals surface area contributed by atoms with Crippen LogP contribution in [0.25, 0.3) is 0 Å². The van der Waals surface area contributed by atoms with Crippen LogP contribution in [0, 0.1) is 0 Å². The molecule has 0 radical (unpaired) electrons. The van der Waals surface area contributed by atoms with Gasteiger partial charge in [0.1, 0.15) is 17.4 Å². The molecule has 0 saturated carbocycles. The van der Waals surface area contributed by atoms with Crippen molar-refractivity contribution in [1.29, 1.82) is 0 Å². The molecule has 2 amide bonds. The van der Waals surface area contributed by atoms with Gasteiger partial charge in [-0.05, 0) is 57.5 Å². The van der Waals surface area contributed by atoms with E-state index in [1.165, 1.54) is 0 Å². The number of hydrogen-bond acceptors (Lipinski definition) is 5. The van der Waals surface area contributed by atoms with Crippen LogP contribution in [0.1, 0.15) is 71.7 Å². The van der Waals surface area contributed by atoms with E-state index in [9.17, 15) is 14.4 Å². The maximum atomic E-state index is 13.2. The van der Waals surface area contributed by atoms with E-state index in [0.29, 0.717) is 16.9 Å². The zero-order valence-corrected chi connectivity index (χ0v) is 20.9. The third-order valence-corrected chi connectivity index (χ3v) is 10.0. The summed E-state index contributed by atoms with van der Waals surface area (Å²) in [6.45, 7) is 15.8. The summed E-state index contributed by atoms with van der Waals surface area (Å²) >= 11 is 0. The molecule has 172 valence electrons. The Labute approximate surface area is 187 Å². The van der Waals surface area contributed by atoms with Gasteiger partial charge in [0.15, 0.2) is 0 Å². The topological polar surface area (TPSA) is 98.9 Å². The van der Waals surface area contributed by atoms with Gasteiger partial charge >= 0.3 is 5.97 Å². The lowest BCUT2D eigenvalue weighted by molar-refractivity contribution is -0.155. The number of amides is 2. The Morgan fingerprint density at radius 1 is 1.23 bits per heavy atom. The number of carbonyl (C=O) groups excluding carboxylic acids is 3. The summed E-state index contributed by atoms with van der Waals surface area (Å²) in [5.74, 6) is -1.43. The maximum absolute atomic E-state index is 13.2. The standard InChI is InChI=1S/C23H36N2O5Si/c1-22(2,3)29-19(26)13-12-17(20(24)27)25-14-16-15(21(25)28)10-9-11-18(16)30-31(7,8)23(4,5)6/h9-11,17H,12-14H2,1-8H3,(H2,24,27)/i17D. The predicted molar refractivity (Wildman–Crippen MR) is 122 cm³/mol. The third-order valence-electron chi connectivity index (χ3n) is 5.69. The average molecular weight is 450 g/mol. The van der Waals surface area contributed by atoms with Crippen molar-refractivity contribution in [3.05, 3.63) is 29.3 Å². The van der Waals surface area contributed by atoms with Crippen molar-refractivity contribution in [2.75, 3.05) is 0 Å². The van der Waals surface area contributed by atoms with Gasteiger partial charge in [-0.25, -0.2) is 0 Å². The highest BCUT2D eigenvalue weighted by Crippen LogP contribution is 2.40. The number of esters is 1. The Hall–Kier alpha value is -2.35. The molecule has 1 aliphatic rings. The number of primary amides is 1. The minimum atomic E-state index is -2.18. The molecule has 1 aromatic carbocycles. The predicted octanol–water partition coefficient (Wildman–Crippen LogP) is 4.00. The summed E-state index contributed by atoms with van der Waals surface area (Å²) in [5.41, 5.74) is 5.89. The molecule has 0 aliphatic carbocycles. The molecule has 1 unspecified atom stereocenters. The quantitative estimate of drug-likeness (QED) is 0.501. The molecule has 0 spiro atoms. The number of fused-ring (bicyclic) bond motifs is 1. The Kier molecular flexibility index (Phi) is 6.50. The van der Waals surface area contributed by atoms with E-state index in [1.54, 1.807) is 32.9 Å². The summed E-state index contributed by atoms with van der Waals surface area (Å²) in [5, 5.41) is -0.0438. The van der Waals surface area contributed by atoms with Crippen molar-refractivity contribution < 1.29 is 24.9 Å². The van der Waals surface area contributed by atoms with Crippen molar-refractivity contribution in [1.82, 2.24) is 4.90 Å². The van der Waals surface area contributed by atoms with E-state index >= 15 is 0 Å². The molecular weight excluding hydrogens is 412 g/mol. The zero-order valence-electron chi connectivity index (χ0n) is 20.9. The van der Waals surface area contributed by atoms with Crippen LogP contribution >= 0.6 is 0 Å². The van der Waals surface area contributed by atoms with Crippen LogP contribution in [0.2, 0.25) is 18.1 Å². The van der Waals surface area contributed by atoms with E-state index in [4.69, 9.17) is 16.3 Å². The van der Waals surface area contributed by atoms with Gasteiger partial charge in [-0.1, -0.05) is 26.8 Å². The second-order valence-corrected chi connectivity index (χ2v) is 15.2. The minimum absolute atomic E-state index is 0.0136. The molecule has 0 saturated heterocycles. The first-order valence-electron chi connectivity index (χ1n) is 11.0. The van der Waals surface area contributed by atoms with Crippen LogP contribution in [0.15, 0.2) is 18.2 Å². The van der Waals surface area contributed by atoms with Crippen LogP contribution < -0.4 is 10.2 Å². The van der Waals surface area contributed by atoms with Crippen LogP contribution in [-0.2, 0) is 20.9 Å². The molecule has 0 bridgehead atoms. The Morgan fingerprint density at radius 2 is 1.84 bits per heavy atom. The van der Waals surface area contributed by atoms with Gasteiger partial charge in [0.2, 0.25) is 14.2 Å². The first kappa shape index (κ1) is 23.3. The molecule has 0 fully saturated rings. The number of carbonyl (C=O) groups is 3. The van der Waals surface area contributed by atoms with Gasteiger partial charge in [0.05, 0.1) is 7.92 Å². The summed E-state index contributed by atoms with van der Waals surface area (Å²) in [6.07, 6.45) is -0.466. The number of rotatable bonds is 7. The Bertz CT molecular complexity index is 920. The first-order valence-corrected chi connectivity index (χ1v) is 13.4. The summed E-state index contributed by atoms with van der Waals surface area (Å²) < 4.78 is 20.5. The molecule has 2 rings (SSSR count). The fraction of sp³-hybridized carbons (Fsp3) is 0.609. The second kappa shape index (κ2) is 8.65. The smallest absolute Gasteiger partial charge is 0.306 e. The lowest BCUT2D eigenvalue weighted by atomic mass is 10.1. The molecule has 7 nitrogen and oxygen atoms in total. The molecule has 1 heterocycles. The van der Waals surface area contributed by atoms with Crippen LogP contribution in [0.4, 0.5) is 0 Å². The number of benzene rings is 1. The Morgan fingerprint density at radius 3 is 2.35 bits per heavy atom. The highest BCUT2D eigenvalue weighted by molar-refractivity contribution is 6.74. The molecule has 1 aromatic rings. The monoisotopic (exact) mass is 449 g/mol. The minimum Gasteiger partial charge on any atom is -0.543 e. The lowest BCUT2D eigenvalue weighted by Gasteiger charge is -2.37. The van der Waals surface area contributed by atoms with Crippen molar-refractivity contribution in [2.24, 2.45) is 5.73 Å². The fourth-order valence-electron chi connectivity index (χ4n) is 3.05. The summed E-state index contributed by atoms with van der Waals surface area (Å²) in [4.78, 5) is 38.8. The first-order chi connectivity index (χ1) is 14.4. The SMILES string of the molecule is [2H]C(CCC(=O)OC(C)(C)C)(C(N)=O)N1Cc2c(O[Si](C)(C)C(C)(C)C)cccc2C1=O. The van der Waals surface area contributed by atoms with Crippen molar-refractivity contribution in [3.8, 4) is 5.75 Å². The van der Waals surface area contributed by atoms with Gasteiger partial charge in [-0.15, -0.1) is 0 Å². The largest absolute Gasteiger partial charge is 0.543 e. The fourth-order valence-corrected chi connectivity index (χ4v) is 4.10. The summed E-state index contributed by atoms with van der Waals surface area (Å²) in [7, 11) is -2.18. The number of nitrogens with two attached hydrogens (primary N) is 1. The molecule has 31 heavy (non-hydrogen) atoms. The van der Waals surface area contributed by atoms with Crippen LogP contribution in [0.3, 0.4) is 0 Å². The highest BCUT2D eigenvalue weighted by atomic mass is 28.4. The molecular formula is C23H36N2O5Si.